The van der Waals surface area contributed by atoms with Crippen molar-refractivity contribution >= 4 is 30.2 Å². The molecule has 7 radical (unpaired) electrons. The number of aldehydes is 1. The lowest BCUT2D eigenvalue weighted by molar-refractivity contribution is -0.122. The van der Waals surface area contributed by atoms with Gasteiger partial charge in [0.25, 0.3) is 0 Å². The van der Waals surface area contributed by atoms with Crippen molar-refractivity contribution in [2.24, 2.45) is 10.8 Å². The lowest BCUT2D eigenvalue weighted by atomic mass is 9.52. The van der Waals surface area contributed by atoms with Crippen LogP contribution in [0.15, 0.2) is 36.7 Å². The van der Waals surface area contributed by atoms with Crippen molar-refractivity contribution in [3.05, 3.63) is 59.2 Å². The number of rotatable bonds is 4. The van der Waals surface area contributed by atoms with Crippen LogP contribution in [0.25, 0.3) is 0 Å². The van der Waals surface area contributed by atoms with Crippen LogP contribution in [0, 0.1) is 24.7 Å². The van der Waals surface area contributed by atoms with Gasteiger partial charge < -0.3 is 9.90 Å². The summed E-state index contributed by atoms with van der Waals surface area (Å²) in [7, 11) is 8.00. The highest BCUT2D eigenvalue weighted by Gasteiger charge is 2.50. The van der Waals surface area contributed by atoms with E-state index in [1.54, 1.807) is 0 Å². The van der Waals surface area contributed by atoms with Crippen molar-refractivity contribution in [1.82, 2.24) is 9.97 Å². The molecule has 2 aromatic heterocycles. The van der Waals surface area contributed by atoms with E-state index in [1.807, 2.05) is 12.4 Å². The normalized spacial score (nSPS) is 33.2. The minimum Gasteiger partial charge on any atom is -0.396 e. The number of hydrogen-bond acceptors (Lipinski definition) is 4. The zero-order valence-electron chi connectivity index (χ0n) is 22.7. The Hall–Kier alpha value is -1.88. The summed E-state index contributed by atoms with van der Waals surface area (Å²) < 4.78 is 0. The van der Waals surface area contributed by atoms with E-state index in [9.17, 15) is 9.90 Å². The molecule has 6 aliphatic carbocycles. The number of carbonyl (C=O) groups excluding carboxylic acids is 1. The molecular formula is C30H40B3N2O2. The first-order valence-electron chi connectivity index (χ1n) is 13.6. The summed E-state index contributed by atoms with van der Waals surface area (Å²) in [5, 5.41) is 9.55. The number of carbonyl (C=O) groups is 1. The summed E-state index contributed by atoms with van der Waals surface area (Å²) in [6.45, 7) is 4.52. The molecule has 0 aromatic carbocycles. The minimum absolute atomic E-state index is 0. The number of nitrogens with zero attached hydrogens (tertiary/aromatic N) is 2. The fourth-order valence-electron chi connectivity index (χ4n) is 7.51. The summed E-state index contributed by atoms with van der Waals surface area (Å²) in [6, 6.07) is 8.87. The Labute approximate surface area is 228 Å². The Balaban J connectivity index is 0.000000188. The number of aromatic nitrogens is 2. The van der Waals surface area contributed by atoms with Gasteiger partial charge in [0.05, 0.1) is 0 Å². The van der Waals surface area contributed by atoms with E-state index >= 15 is 0 Å². The number of aliphatic hydroxyl groups is 1. The highest BCUT2D eigenvalue weighted by molar-refractivity contribution is 6.75. The minimum atomic E-state index is 0. The van der Waals surface area contributed by atoms with Crippen LogP contribution in [0.1, 0.15) is 99.6 Å². The molecule has 8 rings (SSSR count). The third kappa shape index (κ3) is 5.77. The standard InChI is InChI=1S/C15H21NO.C15H19NO.B2.B/c2*1-12-10-13(2-9-16-12)15-6-3-14(11-17,4-7-15)5-8-15;1-2;/h2,9-10,17H,3-8,11H2,1H3;2,9-11H,3-8H2,1H3;;. The number of fused-ring (bicyclic) bond motifs is 6. The van der Waals surface area contributed by atoms with Gasteiger partial charge in [-0.25, -0.2) is 0 Å². The molecule has 0 amide bonds. The zero-order valence-corrected chi connectivity index (χ0v) is 22.7. The van der Waals surface area contributed by atoms with Gasteiger partial charge >= 0.3 is 0 Å². The largest absolute Gasteiger partial charge is 0.396 e. The van der Waals surface area contributed by atoms with Crippen molar-refractivity contribution in [3.8, 4) is 0 Å². The van der Waals surface area contributed by atoms with Crippen molar-refractivity contribution in [2.75, 3.05) is 6.61 Å². The summed E-state index contributed by atoms with van der Waals surface area (Å²) in [6.07, 6.45) is 19.2. The summed E-state index contributed by atoms with van der Waals surface area (Å²) in [5.41, 5.74) is 6.20. The first-order valence-corrected chi connectivity index (χ1v) is 13.6. The summed E-state index contributed by atoms with van der Waals surface area (Å²) >= 11 is 0. The maximum Gasteiger partial charge on any atom is 0.126 e. The fourth-order valence-corrected chi connectivity index (χ4v) is 7.51. The molecule has 191 valence electrons. The highest BCUT2D eigenvalue weighted by Crippen LogP contribution is 2.58. The number of aliphatic hydroxyl groups excluding tert-OH is 1. The van der Waals surface area contributed by atoms with E-state index in [2.05, 4.69) is 63.6 Å². The van der Waals surface area contributed by atoms with Crippen LogP contribution >= 0.6 is 0 Å². The van der Waals surface area contributed by atoms with Gasteiger partial charge in [0, 0.05) is 59.7 Å². The molecule has 37 heavy (non-hydrogen) atoms. The highest BCUT2D eigenvalue weighted by atomic mass is 16.3. The lowest BCUT2D eigenvalue weighted by Gasteiger charge is -2.53. The Morgan fingerprint density at radius 2 is 1.14 bits per heavy atom. The van der Waals surface area contributed by atoms with Crippen LogP contribution in [-0.2, 0) is 15.6 Å². The molecule has 2 heterocycles. The molecule has 6 aliphatic rings. The monoisotopic (exact) mass is 493 g/mol. The Bertz CT molecular complexity index is 1010. The number of aryl methyl sites for hydroxylation is 2. The van der Waals surface area contributed by atoms with Crippen molar-refractivity contribution in [1.29, 1.82) is 0 Å². The van der Waals surface area contributed by atoms with Gasteiger partial charge in [0.2, 0.25) is 0 Å². The molecule has 0 aliphatic heterocycles. The molecule has 4 nitrogen and oxygen atoms in total. The SMILES string of the molecule is Cc1cc(C23CCC(C=O)(CC2)CC3)ccn1.Cc1cc(C23CCC(CO)(CC2)CC3)ccn1.[B].[B][B]. The Kier molecular flexibility index (Phi) is 9.53. The predicted octanol–water partition coefficient (Wildman–Crippen LogP) is 5.01. The van der Waals surface area contributed by atoms with Crippen LogP contribution in [0.5, 0.6) is 0 Å². The third-order valence-electron chi connectivity index (χ3n) is 10.3. The van der Waals surface area contributed by atoms with Gasteiger partial charge in [-0.3, -0.25) is 9.97 Å². The molecule has 4 bridgehead atoms. The predicted molar refractivity (Wildman–Crippen MR) is 152 cm³/mol. The average Bonchev–Trinajstić information content (AvgIpc) is 2.96. The van der Waals surface area contributed by atoms with Crippen LogP contribution in [0.4, 0.5) is 0 Å². The quantitative estimate of drug-likeness (QED) is 0.481. The third-order valence-corrected chi connectivity index (χ3v) is 10.3. The second-order valence-electron chi connectivity index (χ2n) is 12.1. The molecule has 2 aromatic rings. The number of hydrogen-bond donors (Lipinski definition) is 1. The van der Waals surface area contributed by atoms with Gasteiger partial charge in [-0.2, -0.15) is 0 Å². The number of pyridine rings is 2. The van der Waals surface area contributed by atoms with Gasteiger partial charge in [0.15, 0.2) is 0 Å². The van der Waals surface area contributed by atoms with Gasteiger partial charge in [-0.15, -0.1) is 0 Å². The Morgan fingerprint density at radius 1 is 0.757 bits per heavy atom. The van der Waals surface area contributed by atoms with Crippen molar-refractivity contribution < 1.29 is 9.90 Å². The maximum atomic E-state index is 11.2. The van der Waals surface area contributed by atoms with E-state index < -0.39 is 0 Å². The molecule has 0 spiro atoms. The second-order valence-corrected chi connectivity index (χ2v) is 12.1. The smallest absolute Gasteiger partial charge is 0.126 e. The van der Waals surface area contributed by atoms with Crippen LogP contribution in [-0.4, -0.2) is 51.9 Å². The molecule has 1 N–H and O–H groups in total. The van der Waals surface area contributed by atoms with E-state index in [0.29, 0.717) is 17.4 Å². The summed E-state index contributed by atoms with van der Waals surface area (Å²) in [4.78, 5) is 19.8. The van der Waals surface area contributed by atoms with Crippen molar-refractivity contribution in [3.63, 3.8) is 0 Å². The molecule has 0 atom stereocenters. The van der Waals surface area contributed by atoms with Crippen LogP contribution in [0.3, 0.4) is 0 Å². The van der Waals surface area contributed by atoms with Crippen LogP contribution < -0.4 is 0 Å². The zero-order chi connectivity index (χ0) is 25.9. The first kappa shape index (κ1) is 29.7. The fraction of sp³-hybridized carbons (Fsp3) is 0.633. The average molecular weight is 493 g/mol. The second kappa shape index (κ2) is 11.9. The van der Waals surface area contributed by atoms with E-state index in [1.165, 1.54) is 75.2 Å². The molecule has 0 unspecified atom stereocenters. The molecule has 6 fully saturated rings. The maximum absolute atomic E-state index is 11.2. The summed E-state index contributed by atoms with van der Waals surface area (Å²) in [5.74, 6) is 0. The molecule has 6 saturated carbocycles. The van der Waals surface area contributed by atoms with E-state index in [0.717, 1.165) is 30.7 Å². The topological polar surface area (TPSA) is 63.1 Å². The van der Waals surface area contributed by atoms with E-state index in [4.69, 9.17) is 0 Å². The van der Waals surface area contributed by atoms with Gasteiger partial charge in [-0.05, 0) is 143 Å². The van der Waals surface area contributed by atoms with Gasteiger partial charge in [0.1, 0.15) is 6.29 Å². The first-order chi connectivity index (χ1) is 17.4. The molecule has 7 heteroatoms. The lowest BCUT2D eigenvalue weighted by Crippen LogP contribution is -2.45. The van der Waals surface area contributed by atoms with Crippen LogP contribution in [0.2, 0.25) is 0 Å². The molecular weight excluding hydrogens is 453 g/mol. The van der Waals surface area contributed by atoms with Crippen molar-refractivity contribution in [2.45, 2.75) is 102 Å². The molecule has 0 saturated heterocycles. The Morgan fingerprint density at radius 3 is 1.46 bits per heavy atom. The van der Waals surface area contributed by atoms with E-state index in [-0.39, 0.29) is 19.2 Å². The van der Waals surface area contributed by atoms with Gasteiger partial charge in [-0.1, -0.05) is 0 Å².